The molecule has 0 aliphatic heterocycles. The Morgan fingerprint density at radius 2 is 2.10 bits per heavy atom. The molecule has 1 fully saturated rings. The van der Waals surface area contributed by atoms with Crippen LogP contribution in [0.15, 0.2) is 18.2 Å². The van der Waals surface area contributed by atoms with E-state index in [9.17, 15) is 4.79 Å². The molecule has 0 aromatic heterocycles. The van der Waals surface area contributed by atoms with Crippen molar-refractivity contribution in [2.75, 3.05) is 21.3 Å². The Morgan fingerprint density at radius 3 is 2.67 bits per heavy atom. The summed E-state index contributed by atoms with van der Waals surface area (Å²) in [4.78, 5) is 14.2. The van der Waals surface area contributed by atoms with Crippen molar-refractivity contribution in [2.45, 2.75) is 31.8 Å². The SMILES string of the molecule is COc1ccc(CN(C)C(=O)C2CCC(N)C2)c(OC)c1. The summed E-state index contributed by atoms with van der Waals surface area (Å²) < 4.78 is 10.6. The van der Waals surface area contributed by atoms with Gasteiger partial charge in [-0.25, -0.2) is 0 Å². The van der Waals surface area contributed by atoms with Crippen LogP contribution in [-0.2, 0) is 11.3 Å². The van der Waals surface area contributed by atoms with E-state index < -0.39 is 0 Å². The zero-order chi connectivity index (χ0) is 15.4. The molecule has 0 bridgehead atoms. The number of amides is 1. The zero-order valence-electron chi connectivity index (χ0n) is 13.0. The predicted molar refractivity (Wildman–Crippen MR) is 81.3 cm³/mol. The first-order chi connectivity index (χ1) is 10.0. The van der Waals surface area contributed by atoms with Gasteiger partial charge in [0, 0.05) is 37.2 Å². The highest BCUT2D eigenvalue weighted by molar-refractivity contribution is 5.79. The van der Waals surface area contributed by atoms with E-state index in [1.54, 1.807) is 19.1 Å². The van der Waals surface area contributed by atoms with Crippen LogP contribution < -0.4 is 15.2 Å². The molecule has 1 aromatic carbocycles. The molecule has 21 heavy (non-hydrogen) atoms. The van der Waals surface area contributed by atoms with Gasteiger partial charge in [-0.2, -0.15) is 0 Å². The largest absolute Gasteiger partial charge is 0.497 e. The number of nitrogens with zero attached hydrogens (tertiary/aromatic N) is 1. The molecule has 1 amide bonds. The molecule has 1 aliphatic carbocycles. The first kappa shape index (κ1) is 15.6. The van der Waals surface area contributed by atoms with Gasteiger partial charge in [0.25, 0.3) is 0 Å². The molecular formula is C16H24N2O3. The summed E-state index contributed by atoms with van der Waals surface area (Å²) in [5.41, 5.74) is 6.86. The molecule has 1 aromatic rings. The Labute approximate surface area is 126 Å². The van der Waals surface area contributed by atoms with Gasteiger partial charge >= 0.3 is 0 Å². The molecule has 0 radical (unpaired) electrons. The minimum atomic E-state index is 0.0641. The van der Waals surface area contributed by atoms with Crippen molar-refractivity contribution in [3.8, 4) is 11.5 Å². The number of hydrogen-bond acceptors (Lipinski definition) is 4. The molecule has 1 aliphatic rings. The van der Waals surface area contributed by atoms with E-state index in [2.05, 4.69) is 0 Å². The smallest absolute Gasteiger partial charge is 0.225 e. The van der Waals surface area contributed by atoms with Crippen LogP contribution in [0.5, 0.6) is 11.5 Å². The second kappa shape index (κ2) is 6.80. The van der Waals surface area contributed by atoms with Gasteiger partial charge in [-0.05, 0) is 31.4 Å². The highest BCUT2D eigenvalue weighted by Crippen LogP contribution is 2.28. The zero-order valence-corrected chi connectivity index (χ0v) is 13.0. The molecule has 5 heteroatoms. The first-order valence-corrected chi connectivity index (χ1v) is 7.26. The lowest BCUT2D eigenvalue weighted by atomic mass is 10.1. The number of methoxy groups -OCH3 is 2. The number of hydrogen-bond donors (Lipinski definition) is 1. The summed E-state index contributed by atoms with van der Waals surface area (Å²) in [7, 11) is 5.07. The lowest BCUT2D eigenvalue weighted by molar-refractivity contribution is -0.134. The molecule has 0 spiro atoms. The second-order valence-electron chi connectivity index (χ2n) is 5.64. The van der Waals surface area contributed by atoms with Crippen molar-refractivity contribution in [1.82, 2.24) is 4.90 Å². The van der Waals surface area contributed by atoms with Crippen LogP contribution in [0.25, 0.3) is 0 Å². The Bertz CT molecular complexity index is 504. The van der Waals surface area contributed by atoms with E-state index in [0.29, 0.717) is 6.54 Å². The fourth-order valence-electron chi connectivity index (χ4n) is 2.87. The lowest BCUT2D eigenvalue weighted by Crippen LogP contribution is -2.32. The third-order valence-corrected chi connectivity index (χ3v) is 4.10. The Morgan fingerprint density at radius 1 is 1.33 bits per heavy atom. The quantitative estimate of drug-likeness (QED) is 0.898. The van der Waals surface area contributed by atoms with Crippen LogP contribution in [0.2, 0.25) is 0 Å². The topological polar surface area (TPSA) is 64.8 Å². The third-order valence-electron chi connectivity index (χ3n) is 4.10. The lowest BCUT2D eigenvalue weighted by Gasteiger charge is -2.22. The molecule has 1 saturated carbocycles. The number of benzene rings is 1. The van der Waals surface area contributed by atoms with E-state index in [1.807, 2.05) is 25.2 Å². The van der Waals surface area contributed by atoms with Crippen molar-refractivity contribution < 1.29 is 14.3 Å². The second-order valence-corrected chi connectivity index (χ2v) is 5.64. The minimum absolute atomic E-state index is 0.0641. The van der Waals surface area contributed by atoms with Crippen molar-refractivity contribution >= 4 is 5.91 Å². The van der Waals surface area contributed by atoms with Crippen molar-refractivity contribution in [1.29, 1.82) is 0 Å². The van der Waals surface area contributed by atoms with Gasteiger partial charge in [0.15, 0.2) is 0 Å². The van der Waals surface area contributed by atoms with Crippen molar-refractivity contribution in [3.05, 3.63) is 23.8 Å². The van der Waals surface area contributed by atoms with Gasteiger partial charge in [0.2, 0.25) is 5.91 Å². The van der Waals surface area contributed by atoms with Crippen LogP contribution >= 0.6 is 0 Å². The molecule has 0 saturated heterocycles. The van der Waals surface area contributed by atoms with Gasteiger partial charge in [-0.1, -0.05) is 0 Å². The van der Waals surface area contributed by atoms with Crippen LogP contribution in [0.3, 0.4) is 0 Å². The van der Waals surface area contributed by atoms with E-state index in [0.717, 1.165) is 36.3 Å². The Kier molecular flexibility index (Phi) is 5.07. The number of ether oxygens (including phenoxy) is 2. The van der Waals surface area contributed by atoms with Crippen LogP contribution in [0, 0.1) is 5.92 Å². The molecule has 116 valence electrons. The van der Waals surface area contributed by atoms with Gasteiger partial charge in [-0.15, -0.1) is 0 Å². The number of rotatable bonds is 5. The number of nitrogens with two attached hydrogens (primary N) is 1. The summed E-state index contributed by atoms with van der Waals surface area (Å²) in [5.74, 6) is 1.71. The average Bonchev–Trinajstić information content (AvgIpc) is 2.93. The summed E-state index contributed by atoms with van der Waals surface area (Å²) in [6, 6.07) is 5.81. The number of carbonyl (C=O) groups excluding carboxylic acids is 1. The summed E-state index contributed by atoms with van der Waals surface area (Å²) in [5, 5.41) is 0. The molecule has 2 rings (SSSR count). The molecule has 2 atom stereocenters. The highest BCUT2D eigenvalue weighted by atomic mass is 16.5. The average molecular weight is 292 g/mol. The van der Waals surface area contributed by atoms with Crippen molar-refractivity contribution in [2.24, 2.45) is 11.7 Å². The molecule has 5 nitrogen and oxygen atoms in total. The maximum atomic E-state index is 12.4. The fraction of sp³-hybridized carbons (Fsp3) is 0.562. The first-order valence-electron chi connectivity index (χ1n) is 7.26. The molecule has 2 N–H and O–H groups in total. The monoisotopic (exact) mass is 292 g/mol. The fourth-order valence-corrected chi connectivity index (χ4v) is 2.87. The molecular weight excluding hydrogens is 268 g/mol. The van der Waals surface area contributed by atoms with Gasteiger partial charge in [-0.3, -0.25) is 4.79 Å². The standard InChI is InChI=1S/C16H24N2O3/c1-18(16(19)11-4-6-13(17)8-11)10-12-5-7-14(20-2)9-15(12)21-3/h5,7,9,11,13H,4,6,8,10,17H2,1-3H3. The highest BCUT2D eigenvalue weighted by Gasteiger charge is 2.30. The summed E-state index contributed by atoms with van der Waals surface area (Å²) >= 11 is 0. The van der Waals surface area contributed by atoms with E-state index in [4.69, 9.17) is 15.2 Å². The van der Waals surface area contributed by atoms with Gasteiger partial charge in [0.1, 0.15) is 11.5 Å². The van der Waals surface area contributed by atoms with Crippen molar-refractivity contribution in [3.63, 3.8) is 0 Å². The van der Waals surface area contributed by atoms with E-state index >= 15 is 0 Å². The van der Waals surface area contributed by atoms with E-state index in [-0.39, 0.29) is 17.9 Å². The predicted octanol–water partition coefficient (Wildman–Crippen LogP) is 1.79. The maximum absolute atomic E-state index is 12.4. The maximum Gasteiger partial charge on any atom is 0.225 e. The van der Waals surface area contributed by atoms with Gasteiger partial charge in [0.05, 0.1) is 14.2 Å². The van der Waals surface area contributed by atoms with E-state index in [1.165, 1.54) is 0 Å². The van der Waals surface area contributed by atoms with Crippen LogP contribution in [0.1, 0.15) is 24.8 Å². The molecule has 0 heterocycles. The summed E-state index contributed by atoms with van der Waals surface area (Å²) in [6.45, 7) is 0.526. The van der Waals surface area contributed by atoms with Crippen LogP contribution in [0.4, 0.5) is 0 Å². The summed E-state index contributed by atoms with van der Waals surface area (Å²) in [6.07, 6.45) is 2.63. The normalized spacial score (nSPS) is 21.1. The van der Waals surface area contributed by atoms with Crippen LogP contribution in [-0.4, -0.2) is 38.1 Å². The molecule has 2 unspecified atom stereocenters. The Balaban J connectivity index is 2.05. The Hall–Kier alpha value is -1.75. The number of carbonyl (C=O) groups is 1. The minimum Gasteiger partial charge on any atom is -0.497 e. The van der Waals surface area contributed by atoms with Gasteiger partial charge < -0.3 is 20.1 Å². The third kappa shape index (κ3) is 3.67.